The van der Waals surface area contributed by atoms with Crippen LogP contribution in [0.3, 0.4) is 0 Å². The number of halogens is 1. The van der Waals surface area contributed by atoms with Crippen LogP contribution in [0.1, 0.15) is 19.4 Å². The fourth-order valence-electron chi connectivity index (χ4n) is 1.47. The number of rotatable bonds is 7. The molecule has 1 N–H and O–H groups in total. The van der Waals surface area contributed by atoms with Crippen LogP contribution in [0.25, 0.3) is 0 Å². The summed E-state index contributed by atoms with van der Waals surface area (Å²) >= 11 is 3.50. The Morgan fingerprint density at radius 3 is 2.71 bits per heavy atom. The van der Waals surface area contributed by atoms with Gasteiger partial charge in [-0.15, -0.1) is 0 Å². The van der Waals surface area contributed by atoms with Crippen molar-refractivity contribution in [2.24, 2.45) is 0 Å². The van der Waals surface area contributed by atoms with E-state index in [1.54, 1.807) is 0 Å². The molecule has 1 aromatic carbocycles. The molecule has 0 aliphatic heterocycles. The summed E-state index contributed by atoms with van der Waals surface area (Å²) in [5.74, 6) is 0.897. The molecular formula is C13H20BrNO2. The summed E-state index contributed by atoms with van der Waals surface area (Å²) in [6, 6.07) is 6.05. The topological polar surface area (TPSA) is 30.5 Å². The Hall–Kier alpha value is -0.580. The van der Waals surface area contributed by atoms with Crippen LogP contribution in [0.2, 0.25) is 0 Å². The molecule has 0 aliphatic carbocycles. The maximum absolute atomic E-state index is 5.76. The zero-order valence-electron chi connectivity index (χ0n) is 10.6. The van der Waals surface area contributed by atoms with E-state index in [1.807, 2.05) is 33.0 Å². The Morgan fingerprint density at radius 1 is 1.29 bits per heavy atom. The summed E-state index contributed by atoms with van der Waals surface area (Å²) in [5.41, 5.74) is 1.14. The van der Waals surface area contributed by atoms with Crippen LogP contribution >= 0.6 is 15.9 Å². The highest BCUT2D eigenvalue weighted by Crippen LogP contribution is 2.28. The highest BCUT2D eigenvalue weighted by Gasteiger charge is 2.07. The summed E-state index contributed by atoms with van der Waals surface area (Å²) < 4.78 is 12.2. The molecule has 0 saturated carbocycles. The van der Waals surface area contributed by atoms with E-state index in [0.29, 0.717) is 13.2 Å². The summed E-state index contributed by atoms with van der Waals surface area (Å²) in [6.45, 7) is 6.01. The lowest BCUT2D eigenvalue weighted by molar-refractivity contribution is 0.0549. The molecule has 0 unspecified atom stereocenters. The number of hydrogen-bond acceptors (Lipinski definition) is 3. The standard InChI is InChI=1S/C13H20BrNO2/c1-10(2)16-7-8-17-13-11(9-15-3)5-4-6-12(13)14/h4-6,10,15H,7-9H2,1-3H3. The van der Waals surface area contributed by atoms with Gasteiger partial charge in [0.05, 0.1) is 17.2 Å². The van der Waals surface area contributed by atoms with Crippen molar-refractivity contribution >= 4 is 15.9 Å². The number of nitrogens with one attached hydrogen (secondary N) is 1. The van der Waals surface area contributed by atoms with Crippen LogP contribution in [0.15, 0.2) is 22.7 Å². The van der Waals surface area contributed by atoms with E-state index in [2.05, 4.69) is 27.3 Å². The lowest BCUT2D eigenvalue weighted by Crippen LogP contribution is -2.13. The van der Waals surface area contributed by atoms with E-state index < -0.39 is 0 Å². The van der Waals surface area contributed by atoms with Gasteiger partial charge in [-0.05, 0) is 42.9 Å². The first-order chi connectivity index (χ1) is 8.15. The Balaban J connectivity index is 2.56. The maximum atomic E-state index is 5.76. The lowest BCUT2D eigenvalue weighted by atomic mass is 10.2. The average Bonchev–Trinajstić information content (AvgIpc) is 2.27. The van der Waals surface area contributed by atoms with Crippen LogP contribution in [0.4, 0.5) is 0 Å². The third-order valence-electron chi connectivity index (χ3n) is 2.20. The Labute approximate surface area is 112 Å². The molecule has 3 nitrogen and oxygen atoms in total. The van der Waals surface area contributed by atoms with Crippen molar-refractivity contribution in [3.63, 3.8) is 0 Å². The van der Waals surface area contributed by atoms with Gasteiger partial charge in [0.1, 0.15) is 12.4 Å². The first kappa shape index (κ1) is 14.5. The third-order valence-corrected chi connectivity index (χ3v) is 2.82. The first-order valence-electron chi connectivity index (χ1n) is 5.81. The lowest BCUT2D eigenvalue weighted by Gasteiger charge is -2.14. The second-order valence-corrected chi connectivity index (χ2v) is 4.88. The summed E-state index contributed by atoms with van der Waals surface area (Å²) in [7, 11) is 1.92. The second-order valence-electron chi connectivity index (χ2n) is 4.03. The molecule has 0 saturated heterocycles. The maximum Gasteiger partial charge on any atom is 0.138 e. The van der Waals surface area contributed by atoms with E-state index in [9.17, 15) is 0 Å². The van der Waals surface area contributed by atoms with Crippen molar-refractivity contribution in [2.45, 2.75) is 26.5 Å². The number of para-hydroxylation sites is 1. The Kier molecular flexibility index (Phi) is 6.55. The van der Waals surface area contributed by atoms with Crippen molar-refractivity contribution in [1.82, 2.24) is 5.32 Å². The van der Waals surface area contributed by atoms with Crippen molar-refractivity contribution in [3.8, 4) is 5.75 Å². The molecule has 96 valence electrons. The molecule has 1 rings (SSSR count). The van der Waals surface area contributed by atoms with Gasteiger partial charge in [-0.2, -0.15) is 0 Å². The van der Waals surface area contributed by atoms with Gasteiger partial charge in [0.2, 0.25) is 0 Å². The Morgan fingerprint density at radius 2 is 2.06 bits per heavy atom. The van der Waals surface area contributed by atoms with Gasteiger partial charge in [-0.1, -0.05) is 12.1 Å². The molecule has 0 aromatic heterocycles. The molecule has 0 amide bonds. The fraction of sp³-hybridized carbons (Fsp3) is 0.538. The zero-order chi connectivity index (χ0) is 12.7. The minimum Gasteiger partial charge on any atom is -0.490 e. The van der Waals surface area contributed by atoms with Gasteiger partial charge in [-0.25, -0.2) is 0 Å². The molecule has 0 radical (unpaired) electrons. The van der Waals surface area contributed by atoms with Crippen LogP contribution < -0.4 is 10.1 Å². The van der Waals surface area contributed by atoms with E-state index in [0.717, 1.165) is 22.3 Å². The molecule has 0 atom stereocenters. The molecule has 0 spiro atoms. The van der Waals surface area contributed by atoms with E-state index in [4.69, 9.17) is 9.47 Å². The largest absolute Gasteiger partial charge is 0.490 e. The average molecular weight is 302 g/mol. The van der Waals surface area contributed by atoms with E-state index in [1.165, 1.54) is 0 Å². The third kappa shape index (κ3) is 5.06. The van der Waals surface area contributed by atoms with Crippen molar-refractivity contribution < 1.29 is 9.47 Å². The summed E-state index contributed by atoms with van der Waals surface area (Å²) in [5, 5.41) is 3.13. The van der Waals surface area contributed by atoms with Gasteiger partial charge in [0.25, 0.3) is 0 Å². The minimum atomic E-state index is 0.245. The summed E-state index contributed by atoms with van der Waals surface area (Å²) in [4.78, 5) is 0. The van der Waals surface area contributed by atoms with Crippen molar-refractivity contribution in [1.29, 1.82) is 0 Å². The van der Waals surface area contributed by atoms with Crippen LogP contribution in [-0.4, -0.2) is 26.4 Å². The van der Waals surface area contributed by atoms with Crippen LogP contribution in [0.5, 0.6) is 5.75 Å². The molecule has 1 aromatic rings. The second kappa shape index (κ2) is 7.69. The molecule has 0 heterocycles. The van der Waals surface area contributed by atoms with Crippen molar-refractivity contribution in [3.05, 3.63) is 28.2 Å². The molecule has 17 heavy (non-hydrogen) atoms. The molecule has 4 heteroatoms. The van der Waals surface area contributed by atoms with Gasteiger partial charge in [0.15, 0.2) is 0 Å². The first-order valence-corrected chi connectivity index (χ1v) is 6.60. The zero-order valence-corrected chi connectivity index (χ0v) is 12.2. The minimum absolute atomic E-state index is 0.245. The van der Waals surface area contributed by atoms with Gasteiger partial charge in [-0.3, -0.25) is 0 Å². The SMILES string of the molecule is CNCc1cccc(Br)c1OCCOC(C)C. The van der Waals surface area contributed by atoms with Crippen LogP contribution in [-0.2, 0) is 11.3 Å². The summed E-state index contributed by atoms with van der Waals surface area (Å²) in [6.07, 6.45) is 0.245. The van der Waals surface area contributed by atoms with E-state index >= 15 is 0 Å². The Bertz CT molecular complexity index is 342. The quantitative estimate of drug-likeness (QED) is 0.786. The molecular weight excluding hydrogens is 282 g/mol. The predicted molar refractivity (Wildman–Crippen MR) is 73.5 cm³/mol. The van der Waals surface area contributed by atoms with Gasteiger partial charge >= 0.3 is 0 Å². The molecule has 0 fully saturated rings. The normalized spacial score (nSPS) is 10.9. The number of hydrogen-bond donors (Lipinski definition) is 1. The smallest absolute Gasteiger partial charge is 0.138 e. The van der Waals surface area contributed by atoms with Gasteiger partial charge in [0, 0.05) is 12.1 Å². The van der Waals surface area contributed by atoms with Gasteiger partial charge < -0.3 is 14.8 Å². The number of benzene rings is 1. The highest BCUT2D eigenvalue weighted by molar-refractivity contribution is 9.10. The monoisotopic (exact) mass is 301 g/mol. The van der Waals surface area contributed by atoms with Crippen LogP contribution in [0, 0.1) is 0 Å². The van der Waals surface area contributed by atoms with Crippen molar-refractivity contribution in [2.75, 3.05) is 20.3 Å². The number of ether oxygens (including phenoxy) is 2. The molecule has 0 bridgehead atoms. The van der Waals surface area contributed by atoms with E-state index in [-0.39, 0.29) is 6.10 Å². The predicted octanol–water partition coefficient (Wildman–Crippen LogP) is 2.97. The molecule has 0 aliphatic rings. The highest BCUT2D eigenvalue weighted by atomic mass is 79.9. The fourth-order valence-corrected chi connectivity index (χ4v) is 1.99.